The van der Waals surface area contributed by atoms with Crippen molar-refractivity contribution < 1.29 is 23.9 Å². The molecule has 0 bridgehead atoms. The van der Waals surface area contributed by atoms with Crippen LogP contribution >= 0.6 is 11.6 Å². The minimum Gasteiger partial charge on any atom is -0.457 e. The van der Waals surface area contributed by atoms with Crippen LogP contribution in [0, 0.1) is 5.92 Å². The van der Waals surface area contributed by atoms with Crippen LogP contribution in [-0.4, -0.2) is 41.9 Å². The quantitative estimate of drug-likeness (QED) is 0.424. The topological polar surface area (TPSA) is 84.9 Å². The molecule has 0 saturated carbocycles. The number of nitrogens with one attached hydrogen (secondary N) is 1. The van der Waals surface area contributed by atoms with Crippen LogP contribution in [0.5, 0.6) is 11.5 Å². The summed E-state index contributed by atoms with van der Waals surface area (Å²) in [5.74, 6) is 0.0585. The number of carbonyl (C=O) groups is 3. The Bertz CT molecular complexity index is 1190. The summed E-state index contributed by atoms with van der Waals surface area (Å²) in [5.41, 5.74) is 1.13. The molecule has 1 saturated heterocycles. The summed E-state index contributed by atoms with van der Waals surface area (Å²) in [7, 11) is 0. The number of nitrogens with zero attached hydrogens (tertiary/aromatic N) is 1. The molecule has 0 spiro atoms. The van der Waals surface area contributed by atoms with E-state index in [0.717, 1.165) is 5.75 Å². The Hall–Kier alpha value is -3.84. The summed E-state index contributed by atoms with van der Waals surface area (Å²) >= 11 is 5.89. The van der Waals surface area contributed by atoms with E-state index in [4.69, 9.17) is 21.1 Å². The fraction of sp³-hybridized carbons (Fsp3) is 0.250. The van der Waals surface area contributed by atoms with E-state index in [1.165, 1.54) is 0 Å². The number of ether oxygens (including phenoxy) is 2. The fourth-order valence-corrected chi connectivity index (χ4v) is 4.02. The maximum atomic E-state index is 12.6. The summed E-state index contributed by atoms with van der Waals surface area (Å²) in [5, 5.41) is 3.32. The second kappa shape index (κ2) is 11.7. The van der Waals surface area contributed by atoms with Crippen LogP contribution in [0.1, 0.15) is 30.1 Å². The molecular formula is C28H27ClN2O5. The van der Waals surface area contributed by atoms with Crippen molar-refractivity contribution in [2.75, 3.05) is 18.4 Å². The van der Waals surface area contributed by atoms with Crippen molar-refractivity contribution in [1.82, 2.24) is 4.90 Å². The Balaban J connectivity index is 1.22. The number of halogens is 1. The Kier molecular flexibility index (Phi) is 8.23. The van der Waals surface area contributed by atoms with Crippen LogP contribution in [0.4, 0.5) is 5.69 Å². The molecule has 7 nitrogen and oxygen atoms in total. The third kappa shape index (κ3) is 6.64. The molecule has 3 aromatic rings. The van der Waals surface area contributed by atoms with Crippen molar-refractivity contribution >= 4 is 35.1 Å². The first-order chi connectivity index (χ1) is 17.4. The monoisotopic (exact) mass is 506 g/mol. The van der Waals surface area contributed by atoms with Gasteiger partial charge in [-0.3, -0.25) is 14.4 Å². The zero-order valence-corrected chi connectivity index (χ0v) is 20.6. The second-order valence-corrected chi connectivity index (χ2v) is 9.02. The van der Waals surface area contributed by atoms with Gasteiger partial charge in [-0.05, 0) is 80.4 Å². The molecule has 1 fully saturated rings. The Labute approximate surface area is 215 Å². The summed E-state index contributed by atoms with van der Waals surface area (Å²) in [6.07, 6.45) is 0.0107. The molecule has 0 aromatic heterocycles. The molecule has 36 heavy (non-hydrogen) atoms. The van der Waals surface area contributed by atoms with Crippen molar-refractivity contribution in [3.05, 3.63) is 89.4 Å². The first-order valence-electron chi connectivity index (χ1n) is 11.8. The van der Waals surface area contributed by atoms with Gasteiger partial charge in [-0.1, -0.05) is 29.8 Å². The zero-order valence-electron chi connectivity index (χ0n) is 19.9. The van der Waals surface area contributed by atoms with Crippen molar-refractivity contribution in [1.29, 1.82) is 0 Å². The Morgan fingerprint density at radius 2 is 1.50 bits per heavy atom. The lowest BCUT2D eigenvalue weighted by molar-refractivity contribution is -0.158. The molecule has 1 unspecified atom stereocenters. The highest BCUT2D eigenvalue weighted by atomic mass is 35.5. The fourth-order valence-electron chi connectivity index (χ4n) is 3.89. The van der Waals surface area contributed by atoms with Crippen LogP contribution in [0.15, 0.2) is 78.9 Å². The van der Waals surface area contributed by atoms with Gasteiger partial charge in [0, 0.05) is 29.4 Å². The molecule has 3 aromatic carbocycles. The highest BCUT2D eigenvalue weighted by molar-refractivity contribution is 6.30. The number of carbonyl (C=O) groups excluding carboxylic acids is 3. The second-order valence-electron chi connectivity index (χ2n) is 8.58. The third-order valence-corrected chi connectivity index (χ3v) is 6.22. The van der Waals surface area contributed by atoms with Gasteiger partial charge in [-0.2, -0.15) is 0 Å². The van der Waals surface area contributed by atoms with E-state index in [9.17, 15) is 14.4 Å². The van der Waals surface area contributed by atoms with Crippen molar-refractivity contribution in [2.45, 2.75) is 25.9 Å². The van der Waals surface area contributed by atoms with E-state index in [0.29, 0.717) is 48.0 Å². The highest BCUT2D eigenvalue weighted by Crippen LogP contribution is 2.24. The highest BCUT2D eigenvalue weighted by Gasteiger charge is 2.30. The van der Waals surface area contributed by atoms with Gasteiger partial charge in [-0.15, -0.1) is 0 Å². The van der Waals surface area contributed by atoms with Gasteiger partial charge in [0.25, 0.3) is 11.8 Å². The third-order valence-electron chi connectivity index (χ3n) is 5.97. The number of benzene rings is 3. The molecular weight excluding hydrogens is 480 g/mol. The van der Waals surface area contributed by atoms with Crippen LogP contribution in [-0.2, 0) is 14.3 Å². The summed E-state index contributed by atoms with van der Waals surface area (Å²) < 4.78 is 11.2. The lowest BCUT2D eigenvalue weighted by Crippen LogP contribution is -2.41. The van der Waals surface area contributed by atoms with Crippen LogP contribution in [0.3, 0.4) is 0 Å². The number of piperidine rings is 1. The number of anilines is 1. The first kappa shape index (κ1) is 25.3. The molecule has 186 valence electrons. The lowest BCUT2D eigenvalue weighted by atomic mass is 9.96. The molecule has 8 heteroatoms. The zero-order chi connectivity index (χ0) is 25.5. The number of rotatable bonds is 7. The lowest BCUT2D eigenvalue weighted by Gasteiger charge is -2.31. The van der Waals surface area contributed by atoms with Crippen LogP contribution in [0.25, 0.3) is 0 Å². The predicted molar refractivity (Wildman–Crippen MR) is 137 cm³/mol. The van der Waals surface area contributed by atoms with Gasteiger partial charge in [-0.25, -0.2) is 0 Å². The molecule has 1 heterocycles. The molecule has 1 atom stereocenters. The summed E-state index contributed by atoms with van der Waals surface area (Å²) in [6.45, 7) is 2.43. The SMILES string of the molecule is CC(OC(=O)C1CCN(C(=O)c2ccc(Cl)cc2)CC1)C(=O)Nc1ccc(Oc2ccccc2)cc1. The van der Waals surface area contributed by atoms with Crippen molar-refractivity contribution in [3.63, 3.8) is 0 Å². The smallest absolute Gasteiger partial charge is 0.309 e. The number of likely N-dealkylation sites (tertiary alicyclic amines) is 1. The Morgan fingerprint density at radius 3 is 2.14 bits per heavy atom. The molecule has 0 aliphatic carbocycles. The van der Waals surface area contributed by atoms with Crippen molar-refractivity contribution in [3.8, 4) is 11.5 Å². The first-order valence-corrected chi connectivity index (χ1v) is 12.2. The van der Waals surface area contributed by atoms with Gasteiger partial charge in [0.15, 0.2) is 6.10 Å². The van der Waals surface area contributed by atoms with Gasteiger partial charge < -0.3 is 19.7 Å². The number of hydrogen-bond acceptors (Lipinski definition) is 5. The predicted octanol–water partition coefficient (Wildman–Crippen LogP) is 5.55. The van der Waals surface area contributed by atoms with Gasteiger partial charge >= 0.3 is 5.97 Å². The van der Waals surface area contributed by atoms with Crippen molar-refractivity contribution in [2.24, 2.45) is 5.92 Å². The standard InChI is InChI=1S/C28H27ClN2O5/c1-19(26(32)30-23-11-13-25(14-12-23)36-24-5-3-2-4-6-24)35-28(34)21-15-17-31(18-16-21)27(33)20-7-9-22(29)10-8-20/h2-14,19,21H,15-18H2,1H3,(H,30,32). The van der Waals surface area contributed by atoms with Crippen LogP contribution < -0.4 is 10.1 Å². The number of amides is 2. The van der Waals surface area contributed by atoms with E-state index >= 15 is 0 Å². The van der Waals surface area contributed by atoms with Crippen LogP contribution in [0.2, 0.25) is 5.02 Å². The maximum absolute atomic E-state index is 12.6. The number of hydrogen-bond donors (Lipinski definition) is 1. The molecule has 1 N–H and O–H groups in total. The average molecular weight is 507 g/mol. The molecule has 2 amide bonds. The largest absolute Gasteiger partial charge is 0.457 e. The number of esters is 1. The van der Waals surface area contributed by atoms with Gasteiger partial charge in [0.1, 0.15) is 11.5 Å². The van der Waals surface area contributed by atoms with Gasteiger partial charge in [0.05, 0.1) is 5.92 Å². The van der Waals surface area contributed by atoms with E-state index < -0.39 is 18.0 Å². The average Bonchev–Trinajstić information content (AvgIpc) is 2.90. The van der Waals surface area contributed by atoms with Gasteiger partial charge in [0.2, 0.25) is 0 Å². The molecule has 4 rings (SSSR count). The van der Waals surface area contributed by atoms with E-state index in [2.05, 4.69) is 5.32 Å². The molecule has 1 aliphatic heterocycles. The molecule has 0 radical (unpaired) electrons. The minimum absolute atomic E-state index is 0.0913. The summed E-state index contributed by atoms with van der Waals surface area (Å²) in [6, 6.07) is 23.1. The summed E-state index contributed by atoms with van der Waals surface area (Å²) in [4.78, 5) is 39.5. The molecule has 1 aliphatic rings. The maximum Gasteiger partial charge on any atom is 0.309 e. The van der Waals surface area contributed by atoms with E-state index in [1.54, 1.807) is 60.4 Å². The number of para-hydroxylation sites is 1. The minimum atomic E-state index is -0.952. The Morgan fingerprint density at radius 1 is 0.889 bits per heavy atom. The normalized spacial score (nSPS) is 14.6. The van der Waals surface area contributed by atoms with E-state index in [-0.39, 0.29) is 11.8 Å². The van der Waals surface area contributed by atoms with E-state index in [1.807, 2.05) is 30.3 Å².